The summed E-state index contributed by atoms with van der Waals surface area (Å²) < 4.78 is 45.4. The largest absolute Gasteiger partial charge is 0.469 e. The summed E-state index contributed by atoms with van der Waals surface area (Å²) in [6, 6.07) is 6.97. The molecule has 4 aromatic rings. The number of oxazole rings is 1. The summed E-state index contributed by atoms with van der Waals surface area (Å²) in [5.41, 5.74) is 1.58. The Morgan fingerprint density at radius 3 is 2.83 bits per heavy atom. The number of anilines is 2. The fraction of sp³-hybridized carbons (Fsp3) is 0.400. The number of ether oxygens (including phenoxy) is 2. The first-order valence-corrected chi connectivity index (χ1v) is 14.6. The number of rotatable bonds is 11. The number of nitrogens with zero attached hydrogens (tertiary/aromatic N) is 3. The van der Waals surface area contributed by atoms with E-state index in [0.717, 1.165) is 21.9 Å². The zero-order valence-electron chi connectivity index (χ0n) is 23.6. The van der Waals surface area contributed by atoms with E-state index in [1.807, 2.05) is 6.92 Å². The molecule has 2 aromatic carbocycles. The molecule has 222 valence electrons. The second-order valence-electron chi connectivity index (χ2n) is 10.1. The number of likely N-dealkylation sites (tertiary alicyclic amines) is 1. The number of benzene rings is 2. The highest BCUT2D eigenvalue weighted by Crippen LogP contribution is 2.39. The minimum Gasteiger partial charge on any atom is -0.469 e. The number of nitrogens with one attached hydrogen (secondary N) is 1. The molecular weight excluding hydrogens is 566 g/mol. The van der Waals surface area contributed by atoms with Crippen LogP contribution < -0.4 is 5.32 Å². The van der Waals surface area contributed by atoms with Crippen molar-refractivity contribution in [3.63, 3.8) is 0 Å². The molecule has 1 amide bonds. The van der Waals surface area contributed by atoms with E-state index in [-0.39, 0.29) is 59.5 Å². The van der Waals surface area contributed by atoms with Gasteiger partial charge in [0.05, 0.1) is 38.6 Å². The number of hydrogen-bond acceptors (Lipinski definition) is 9. The van der Waals surface area contributed by atoms with Gasteiger partial charge in [-0.25, -0.2) is 13.8 Å². The maximum absolute atomic E-state index is 15.6. The molecule has 0 radical (unpaired) electrons. The number of fused-ring (bicyclic) bond motifs is 1. The van der Waals surface area contributed by atoms with Crippen LogP contribution in [0.15, 0.2) is 40.9 Å². The highest BCUT2D eigenvalue weighted by Gasteiger charge is 2.39. The first-order chi connectivity index (χ1) is 20.3. The third-order valence-electron chi connectivity index (χ3n) is 7.32. The number of hydrogen-bond donors (Lipinski definition) is 1. The quantitative estimate of drug-likeness (QED) is 0.209. The van der Waals surface area contributed by atoms with Crippen LogP contribution in [-0.4, -0.2) is 53.1 Å². The summed E-state index contributed by atoms with van der Waals surface area (Å²) >= 11 is 1.46. The average molecular weight is 599 g/mol. The molecule has 12 heteroatoms. The van der Waals surface area contributed by atoms with E-state index in [9.17, 15) is 14.0 Å². The van der Waals surface area contributed by atoms with Crippen molar-refractivity contribution < 1.29 is 32.3 Å². The number of aromatic nitrogens is 2. The second kappa shape index (κ2) is 13.0. The van der Waals surface area contributed by atoms with Crippen LogP contribution in [0.2, 0.25) is 0 Å². The van der Waals surface area contributed by atoms with E-state index in [2.05, 4.69) is 15.3 Å². The van der Waals surface area contributed by atoms with Gasteiger partial charge in [0.25, 0.3) is 6.01 Å². The zero-order chi connectivity index (χ0) is 29.8. The van der Waals surface area contributed by atoms with Crippen molar-refractivity contribution in [2.45, 2.75) is 58.0 Å². The van der Waals surface area contributed by atoms with Gasteiger partial charge < -0.3 is 24.1 Å². The van der Waals surface area contributed by atoms with Crippen LogP contribution in [0.3, 0.4) is 0 Å². The van der Waals surface area contributed by atoms with Crippen molar-refractivity contribution in [2.75, 3.05) is 25.6 Å². The molecule has 2 aromatic heterocycles. The Hall–Kier alpha value is -3.90. The fourth-order valence-corrected chi connectivity index (χ4v) is 6.18. The lowest BCUT2D eigenvalue weighted by Gasteiger charge is -2.29. The molecular formula is C30H32F2N4O5S. The van der Waals surface area contributed by atoms with Crippen LogP contribution in [0.25, 0.3) is 11.1 Å². The SMILES string of the molecule is CCOC[C@@H]1CC[C@@H](c2ncc(CCC(=O)OC)s2)N1C(=O)Cc1ccc2nc(Nc3cc(F)ccc3C)oc2c1F. The minimum absolute atomic E-state index is 0.0178. The molecule has 0 bridgehead atoms. The van der Waals surface area contributed by atoms with Gasteiger partial charge in [0, 0.05) is 28.9 Å². The van der Waals surface area contributed by atoms with Gasteiger partial charge in [-0.05, 0) is 56.9 Å². The van der Waals surface area contributed by atoms with E-state index in [1.54, 1.807) is 30.2 Å². The van der Waals surface area contributed by atoms with Crippen molar-refractivity contribution >= 4 is 46.0 Å². The average Bonchev–Trinajstić information content (AvgIpc) is 3.72. The molecule has 9 nitrogen and oxygen atoms in total. The molecule has 0 aliphatic carbocycles. The number of carbonyl (C=O) groups excluding carboxylic acids is 2. The van der Waals surface area contributed by atoms with Gasteiger partial charge in [0.1, 0.15) is 16.3 Å². The predicted molar refractivity (Wildman–Crippen MR) is 154 cm³/mol. The summed E-state index contributed by atoms with van der Waals surface area (Å²) in [7, 11) is 1.35. The van der Waals surface area contributed by atoms with Crippen LogP contribution in [-0.2, 0) is 31.9 Å². The summed E-state index contributed by atoms with van der Waals surface area (Å²) in [5, 5.41) is 3.67. The van der Waals surface area contributed by atoms with E-state index >= 15 is 4.39 Å². The maximum atomic E-state index is 15.6. The van der Waals surface area contributed by atoms with Gasteiger partial charge in [-0.15, -0.1) is 11.3 Å². The third-order valence-corrected chi connectivity index (χ3v) is 8.48. The first-order valence-electron chi connectivity index (χ1n) is 13.8. The molecule has 0 unspecified atom stereocenters. The number of aryl methyl sites for hydroxylation is 2. The molecule has 1 N–H and O–H groups in total. The number of esters is 1. The monoisotopic (exact) mass is 598 g/mol. The van der Waals surface area contributed by atoms with Gasteiger partial charge in [0.15, 0.2) is 11.4 Å². The molecule has 1 saturated heterocycles. The minimum atomic E-state index is -0.672. The van der Waals surface area contributed by atoms with Crippen LogP contribution >= 0.6 is 11.3 Å². The highest BCUT2D eigenvalue weighted by molar-refractivity contribution is 7.11. The van der Waals surface area contributed by atoms with Crippen LogP contribution in [0.5, 0.6) is 0 Å². The standard InChI is InChI=1S/C30H32F2N4O5S/c1-4-40-16-20-8-11-24(29-33-15-21(42-29)9-12-26(38)39-3)36(20)25(37)13-18-6-10-22-28(27(18)32)41-30(34-22)35-23-14-19(31)7-5-17(23)2/h5-7,10,14-15,20,24H,4,8-9,11-13,16H2,1-3H3,(H,34,35)/t20-,24-/m0/s1. The summed E-state index contributed by atoms with van der Waals surface area (Å²) in [5.74, 6) is -1.64. The first kappa shape index (κ1) is 29.6. The predicted octanol–water partition coefficient (Wildman–Crippen LogP) is 6.03. The van der Waals surface area contributed by atoms with Crippen molar-refractivity contribution in [2.24, 2.45) is 0 Å². The number of methoxy groups -OCH3 is 1. The molecule has 1 aliphatic rings. The van der Waals surface area contributed by atoms with Crippen LogP contribution in [0.1, 0.15) is 53.2 Å². The lowest BCUT2D eigenvalue weighted by molar-refractivity contribution is -0.140. The van der Waals surface area contributed by atoms with Gasteiger partial charge in [-0.1, -0.05) is 12.1 Å². The molecule has 0 saturated carbocycles. The molecule has 3 heterocycles. The number of halogens is 2. The van der Waals surface area contributed by atoms with Gasteiger partial charge in [-0.3, -0.25) is 9.59 Å². The molecule has 1 fully saturated rings. The third kappa shape index (κ3) is 6.44. The normalized spacial score (nSPS) is 16.7. The van der Waals surface area contributed by atoms with E-state index < -0.39 is 11.6 Å². The van der Waals surface area contributed by atoms with Crippen molar-refractivity contribution in [3.8, 4) is 0 Å². The Morgan fingerprint density at radius 2 is 2.05 bits per heavy atom. The number of carbonyl (C=O) groups is 2. The van der Waals surface area contributed by atoms with Crippen LogP contribution in [0.4, 0.5) is 20.5 Å². The molecule has 42 heavy (non-hydrogen) atoms. The Balaban J connectivity index is 1.36. The Kier molecular flexibility index (Phi) is 9.12. The van der Waals surface area contributed by atoms with Gasteiger partial charge in [-0.2, -0.15) is 4.98 Å². The smallest absolute Gasteiger partial charge is 0.305 e. The van der Waals surface area contributed by atoms with Crippen LogP contribution in [0, 0.1) is 18.6 Å². The number of thiazole rings is 1. The summed E-state index contributed by atoms with van der Waals surface area (Å²) in [4.78, 5) is 36.9. The van der Waals surface area contributed by atoms with E-state index in [0.29, 0.717) is 31.7 Å². The van der Waals surface area contributed by atoms with Crippen molar-refractivity contribution in [1.82, 2.24) is 14.9 Å². The summed E-state index contributed by atoms with van der Waals surface area (Å²) in [6.07, 6.45) is 3.73. The van der Waals surface area contributed by atoms with Gasteiger partial charge >= 0.3 is 5.97 Å². The highest BCUT2D eigenvalue weighted by atomic mass is 32.1. The fourth-order valence-electron chi connectivity index (χ4n) is 5.13. The van der Waals surface area contributed by atoms with Gasteiger partial charge in [0.2, 0.25) is 5.91 Å². The second-order valence-corrected chi connectivity index (χ2v) is 11.3. The Bertz CT molecular complexity index is 1590. The maximum Gasteiger partial charge on any atom is 0.305 e. The molecule has 0 spiro atoms. The zero-order valence-corrected chi connectivity index (χ0v) is 24.4. The molecule has 2 atom stereocenters. The lowest BCUT2D eigenvalue weighted by Crippen LogP contribution is -2.40. The lowest BCUT2D eigenvalue weighted by atomic mass is 10.1. The Labute approximate surface area is 245 Å². The van der Waals surface area contributed by atoms with Crippen molar-refractivity contribution in [1.29, 1.82) is 0 Å². The summed E-state index contributed by atoms with van der Waals surface area (Å²) in [6.45, 7) is 4.58. The van der Waals surface area contributed by atoms with E-state index in [1.165, 1.54) is 36.6 Å². The van der Waals surface area contributed by atoms with Crippen molar-refractivity contribution in [3.05, 3.63) is 69.2 Å². The molecule has 1 aliphatic heterocycles. The number of amides is 1. The Morgan fingerprint density at radius 1 is 1.21 bits per heavy atom. The topological polar surface area (TPSA) is 107 Å². The molecule has 5 rings (SSSR count). The van der Waals surface area contributed by atoms with E-state index in [4.69, 9.17) is 13.9 Å².